The number of carbonyl (C=O) groups excluding carboxylic acids is 1. The molecule has 0 spiro atoms. The lowest BCUT2D eigenvalue weighted by molar-refractivity contribution is -0.120. The van der Waals surface area contributed by atoms with Gasteiger partial charge < -0.3 is 15.8 Å². The minimum Gasteiger partial charge on any atom is -0.497 e. The molecule has 0 aliphatic rings. The Morgan fingerprint density at radius 2 is 2.10 bits per heavy atom. The molecule has 0 fully saturated rings. The Labute approximate surface area is 127 Å². The van der Waals surface area contributed by atoms with E-state index >= 15 is 0 Å². The topological polar surface area (TPSA) is 90.1 Å². The van der Waals surface area contributed by atoms with Crippen molar-refractivity contribution in [2.24, 2.45) is 0 Å². The van der Waals surface area contributed by atoms with Crippen LogP contribution in [0.4, 0.5) is 5.13 Å². The monoisotopic (exact) mass is 306 g/mol. The maximum atomic E-state index is 11.8. The first-order valence-electron chi connectivity index (χ1n) is 6.65. The molecule has 112 valence electrons. The molecule has 21 heavy (non-hydrogen) atoms. The SMILES string of the molecule is COc1ccc(CC(=O)NCCCc2nnc(N)s2)cc1. The summed E-state index contributed by atoms with van der Waals surface area (Å²) in [4.78, 5) is 11.8. The molecule has 0 radical (unpaired) electrons. The van der Waals surface area contributed by atoms with Gasteiger partial charge >= 0.3 is 0 Å². The molecule has 0 saturated heterocycles. The van der Waals surface area contributed by atoms with Gasteiger partial charge in [-0.2, -0.15) is 0 Å². The standard InChI is InChI=1S/C14H18N4O2S/c1-20-11-6-4-10(5-7-11)9-12(19)16-8-2-3-13-17-18-14(15)21-13/h4-7H,2-3,8-9H2,1H3,(H2,15,18)(H,16,19). The quantitative estimate of drug-likeness (QED) is 0.755. The van der Waals surface area contributed by atoms with E-state index in [1.54, 1.807) is 7.11 Å². The maximum absolute atomic E-state index is 11.8. The Hall–Kier alpha value is -2.15. The number of nitrogens with two attached hydrogens (primary N) is 1. The minimum absolute atomic E-state index is 0.0111. The third-order valence-electron chi connectivity index (χ3n) is 2.90. The van der Waals surface area contributed by atoms with E-state index < -0.39 is 0 Å². The van der Waals surface area contributed by atoms with Crippen LogP contribution in [-0.4, -0.2) is 29.8 Å². The van der Waals surface area contributed by atoms with Crippen molar-refractivity contribution in [3.8, 4) is 5.75 Å². The highest BCUT2D eigenvalue weighted by Crippen LogP contribution is 2.13. The smallest absolute Gasteiger partial charge is 0.224 e. The van der Waals surface area contributed by atoms with Crippen LogP contribution in [0.1, 0.15) is 17.0 Å². The minimum atomic E-state index is 0.0111. The van der Waals surface area contributed by atoms with E-state index in [1.807, 2.05) is 24.3 Å². The predicted molar refractivity (Wildman–Crippen MR) is 82.4 cm³/mol. The number of anilines is 1. The highest BCUT2D eigenvalue weighted by molar-refractivity contribution is 7.15. The van der Waals surface area contributed by atoms with Gasteiger partial charge in [-0.1, -0.05) is 23.5 Å². The third kappa shape index (κ3) is 5.03. The summed E-state index contributed by atoms with van der Waals surface area (Å²) >= 11 is 1.38. The number of methoxy groups -OCH3 is 1. The normalized spacial score (nSPS) is 10.3. The first-order chi connectivity index (χ1) is 10.2. The number of carbonyl (C=O) groups is 1. The molecule has 1 aromatic carbocycles. The van der Waals surface area contributed by atoms with E-state index in [0.717, 1.165) is 29.2 Å². The number of amides is 1. The molecule has 1 heterocycles. The van der Waals surface area contributed by atoms with E-state index in [1.165, 1.54) is 11.3 Å². The number of nitrogens with one attached hydrogen (secondary N) is 1. The zero-order valence-corrected chi connectivity index (χ0v) is 12.7. The van der Waals surface area contributed by atoms with Gasteiger partial charge in [0.2, 0.25) is 11.0 Å². The van der Waals surface area contributed by atoms with E-state index in [4.69, 9.17) is 10.5 Å². The lowest BCUT2D eigenvalue weighted by Crippen LogP contribution is -2.26. The summed E-state index contributed by atoms with van der Waals surface area (Å²) in [7, 11) is 1.62. The molecule has 0 saturated carbocycles. The third-order valence-corrected chi connectivity index (χ3v) is 3.71. The Kier molecular flexibility index (Phi) is 5.51. The highest BCUT2D eigenvalue weighted by Gasteiger charge is 2.04. The van der Waals surface area contributed by atoms with Crippen molar-refractivity contribution in [2.45, 2.75) is 19.3 Å². The molecule has 1 aromatic heterocycles. The summed E-state index contributed by atoms with van der Waals surface area (Å²) in [6, 6.07) is 7.48. The van der Waals surface area contributed by atoms with Crippen molar-refractivity contribution in [2.75, 3.05) is 19.4 Å². The number of ether oxygens (including phenoxy) is 1. The average molecular weight is 306 g/mol. The number of nitrogen functional groups attached to an aromatic ring is 1. The number of benzene rings is 1. The number of aromatic nitrogens is 2. The number of hydrogen-bond donors (Lipinski definition) is 2. The highest BCUT2D eigenvalue weighted by atomic mass is 32.1. The molecular weight excluding hydrogens is 288 g/mol. The number of rotatable bonds is 7. The summed E-state index contributed by atoms with van der Waals surface area (Å²) < 4.78 is 5.08. The van der Waals surface area contributed by atoms with E-state index in [9.17, 15) is 4.79 Å². The molecule has 0 unspecified atom stereocenters. The molecule has 0 aliphatic heterocycles. The number of hydrogen-bond acceptors (Lipinski definition) is 6. The van der Waals surface area contributed by atoms with Crippen molar-refractivity contribution in [3.63, 3.8) is 0 Å². The van der Waals surface area contributed by atoms with Gasteiger partial charge in [-0.3, -0.25) is 4.79 Å². The first kappa shape index (κ1) is 15.2. The van der Waals surface area contributed by atoms with Crippen molar-refractivity contribution in [1.82, 2.24) is 15.5 Å². The summed E-state index contributed by atoms with van der Waals surface area (Å²) in [5.74, 6) is 0.799. The number of nitrogens with zero attached hydrogens (tertiary/aromatic N) is 2. The maximum Gasteiger partial charge on any atom is 0.224 e. The van der Waals surface area contributed by atoms with Gasteiger partial charge in [-0.15, -0.1) is 10.2 Å². The Morgan fingerprint density at radius 1 is 1.33 bits per heavy atom. The lowest BCUT2D eigenvalue weighted by Gasteiger charge is -2.05. The van der Waals surface area contributed by atoms with Gasteiger partial charge in [0.25, 0.3) is 0 Å². The largest absolute Gasteiger partial charge is 0.497 e. The van der Waals surface area contributed by atoms with Crippen LogP contribution in [0.25, 0.3) is 0 Å². The second kappa shape index (κ2) is 7.58. The summed E-state index contributed by atoms with van der Waals surface area (Å²) in [6.07, 6.45) is 1.97. The second-order valence-corrected chi connectivity index (χ2v) is 5.61. The van der Waals surface area contributed by atoms with Gasteiger partial charge in [-0.05, 0) is 24.1 Å². The molecule has 6 nitrogen and oxygen atoms in total. The van der Waals surface area contributed by atoms with Crippen LogP contribution < -0.4 is 15.8 Å². The first-order valence-corrected chi connectivity index (χ1v) is 7.46. The molecule has 2 aromatic rings. The zero-order valence-electron chi connectivity index (χ0n) is 11.8. The molecule has 1 amide bonds. The molecule has 7 heteroatoms. The fraction of sp³-hybridized carbons (Fsp3) is 0.357. The molecular formula is C14H18N4O2S. The molecule has 0 atom stereocenters. The van der Waals surface area contributed by atoms with Gasteiger partial charge in [-0.25, -0.2) is 0 Å². The van der Waals surface area contributed by atoms with Gasteiger partial charge in [0.1, 0.15) is 10.8 Å². The fourth-order valence-corrected chi connectivity index (χ4v) is 2.48. The van der Waals surface area contributed by atoms with E-state index in [2.05, 4.69) is 15.5 Å². The van der Waals surface area contributed by atoms with Gasteiger partial charge in [0, 0.05) is 13.0 Å². The lowest BCUT2D eigenvalue weighted by atomic mass is 10.1. The summed E-state index contributed by atoms with van der Waals surface area (Å²) in [6.45, 7) is 0.620. The Morgan fingerprint density at radius 3 is 2.71 bits per heavy atom. The molecule has 3 N–H and O–H groups in total. The van der Waals surface area contributed by atoms with Crippen LogP contribution in [0, 0.1) is 0 Å². The van der Waals surface area contributed by atoms with E-state index in [0.29, 0.717) is 18.1 Å². The summed E-state index contributed by atoms with van der Waals surface area (Å²) in [5, 5.41) is 12.0. The van der Waals surface area contributed by atoms with Crippen molar-refractivity contribution < 1.29 is 9.53 Å². The van der Waals surface area contributed by atoms with E-state index in [-0.39, 0.29) is 5.91 Å². The zero-order chi connectivity index (χ0) is 15.1. The predicted octanol–water partition coefficient (Wildman–Crippen LogP) is 1.42. The van der Waals surface area contributed by atoms with Crippen LogP contribution >= 0.6 is 11.3 Å². The van der Waals surface area contributed by atoms with Crippen molar-refractivity contribution in [1.29, 1.82) is 0 Å². The molecule has 2 rings (SSSR count). The molecule has 0 aliphatic carbocycles. The van der Waals surface area contributed by atoms with Crippen LogP contribution in [0.3, 0.4) is 0 Å². The number of aryl methyl sites for hydroxylation is 1. The van der Waals surface area contributed by atoms with Crippen molar-refractivity contribution in [3.05, 3.63) is 34.8 Å². The van der Waals surface area contributed by atoms with Crippen molar-refractivity contribution >= 4 is 22.4 Å². The summed E-state index contributed by atoms with van der Waals surface area (Å²) in [5.41, 5.74) is 6.47. The van der Waals surface area contributed by atoms with Gasteiger partial charge in [0.05, 0.1) is 13.5 Å². The fourth-order valence-electron chi connectivity index (χ4n) is 1.83. The van der Waals surface area contributed by atoms with Crippen LogP contribution in [0.2, 0.25) is 0 Å². The molecule has 0 bridgehead atoms. The average Bonchev–Trinajstić information content (AvgIpc) is 2.90. The Bertz CT molecular complexity index is 583. The van der Waals surface area contributed by atoms with Crippen LogP contribution in [-0.2, 0) is 17.6 Å². The van der Waals surface area contributed by atoms with Crippen LogP contribution in [0.5, 0.6) is 5.75 Å². The van der Waals surface area contributed by atoms with Gasteiger partial charge in [0.15, 0.2) is 0 Å². The Balaban J connectivity index is 1.67. The second-order valence-electron chi connectivity index (χ2n) is 4.51. The van der Waals surface area contributed by atoms with Crippen LogP contribution in [0.15, 0.2) is 24.3 Å².